The van der Waals surface area contributed by atoms with Crippen LogP contribution in [-0.2, 0) is 19.0 Å². The summed E-state index contributed by atoms with van der Waals surface area (Å²) in [4.78, 5) is 48.8. The predicted octanol–water partition coefficient (Wildman–Crippen LogP) is 2.67. The number of halogens is 1. The largest absolute Gasteiger partial charge is 0.496 e. The van der Waals surface area contributed by atoms with Gasteiger partial charge in [0.1, 0.15) is 21.2 Å². The Kier molecular flexibility index (Phi) is 7.83. The van der Waals surface area contributed by atoms with Gasteiger partial charge < -0.3 is 30.0 Å². The van der Waals surface area contributed by atoms with Gasteiger partial charge in [-0.15, -0.1) is 11.3 Å². The number of nitrogen functional groups attached to an aromatic ring is 1. The molecule has 0 bridgehead atoms. The third kappa shape index (κ3) is 5.25. The summed E-state index contributed by atoms with van der Waals surface area (Å²) in [5, 5.41) is 2.61. The van der Waals surface area contributed by atoms with Crippen LogP contribution >= 0.6 is 22.9 Å². The van der Waals surface area contributed by atoms with Crippen LogP contribution in [0.1, 0.15) is 36.0 Å². The van der Waals surface area contributed by atoms with Crippen LogP contribution in [-0.4, -0.2) is 51.8 Å². The molecule has 10 nitrogen and oxygen atoms in total. The summed E-state index contributed by atoms with van der Waals surface area (Å²) in [6, 6.07) is 2.61. The number of rotatable bonds is 7. The molecule has 1 aromatic heterocycles. The Labute approximate surface area is 186 Å². The lowest BCUT2D eigenvalue weighted by Gasteiger charge is -2.11. The normalized spacial score (nSPS) is 10.2. The van der Waals surface area contributed by atoms with Gasteiger partial charge in [0, 0.05) is 6.07 Å². The molecule has 2 aromatic rings. The Morgan fingerprint density at radius 1 is 1.06 bits per heavy atom. The molecule has 2 rings (SSSR count). The predicted molar refractivity (Wildman–Crippen MR) is 113 cm³/mol. The van der Waals surface area contributed by atoms with Crippen molar-refractivity contribution in [2.75, 3.05) is 39.0 Å². The van der Waals surface area contributed by atoms with E-state index in [0.29, 0.717) is 0 Å². The summed E-state index contributed by atoms with van der Waals surface area (Å²) >= 11 is 6.76. The number of hydrogen-bond donors (Lipinski definition) is 2. The molecular weight excluding hydrogens is 452 g/mol. The minimum absolute atomic E-state index is 0.000405. The van der Waals surface area contributed by atoms with Crippen molar-refractivity contribution in [3.8, 4) is 5.75 Å². The van der Waals surface area contributed by atoms with Gasteiger partial charge in [-0.2, -0.15) is 0 Å². The van der Waals surface area contributed by atoms with Crippen LogP contribution in [0, 0.1) is 6.92 Å². The molecule has 1 amide bonds. The zero-order valence-corrected chi connectivity index (χ0v) is 18.6. The van der Waals surface area contributed by atoms with Crippen molar-refractivity contribution in [1.29, 1.82) is 0 Å². The van der Waals surface area contributed by atoms with Gasteiger partial charge in [-0.05, 0) is 18.6 Å². The highest BCUT2D eigenvalue weighted by Gasteiger charge is 2.27. The first-order chi connectivity index (χ1) is 14.6. The number of thiophene rings is 1. The molecule has 0 radical (unpaired) electrons. The van der Waals surface area contributed by atoms with Gasteiger partial charge in [-0.3, -0.25) is 4.79 Å². The van der Waals surface area contributed by atoms with Gasteiger partial charge in [-0.1, -0.05) is 11.6 Å². The van der Waals surface area contributed by atoms with Crippen molar-refractivity contribution in [2.24, 2.45) is 0 Å². The van der Waals surface area contributed by atoms with Crippen molar-refractivity contribution in [1.82, 2.24) is 0 Å². The first-order valence-electron chi connectivity index (χ1n) is 8.54. The number of ether oxygens (including phenoxy) is 4. The number of carbonyl (C=O) groups excluding carboxylic acids is 4. The quantitative estimate of drug-likeness (QED) is 0.354. The number of nitrogens with two attached hydrogens (primary N) is 1. The molecule has 12 heteroatoms. The molecule has 0 unspecified atom stereocenters. The maximum atomic E-state index is 12.3. The Bertz CT molecular complexity index is 1050. The number of anilines is 2. The molecule has 166 valence electrons. The summed E-state index contributed by atoms with van der Waals surface area (Å²) in [6.07, 6.45) is 0. The Hall–Kier alpha value is -3.31. The Balaban J connectivity index is 2.18. The number of esters is 3. The summed E-state index contributed by atoms with van der Waals surface area (Å²) in [5.41, 5.74) is 6.14. The van der Waals surface area contributed by atoms with Crippen LogP contribution in [0.4, 0.5) is 10.7 Å². The summed E-state index contributed by atoms with van der Waals surface area (Å²) in [6.45, 7) is 0.830. The molecule has 3 N–H and O–H groups in total. The molecule has 0 aliphatic rings. The molecule has 0 aliphatic carbocycles. The van der Waals surface area contributed by atoms with Crippen molar-refractivity contribution in [2.45, 2.75) is 6.92 Å². The fourth-order valence-corrected chi connectivity index (χ4v) is 3.80. The second-order valence-electron chi connectivity index (χ2n) is 5.94. The molecular formula is C19H19ClN2O8S. The molecule has 1 heterocycles. The van der Waals surface area contributed by atoms with Crippen LogP contribution < -0.4 is 15.8 Å². The molecule has 0 saturated carbocycles. The number of amides is 1. The number of nitrogens with one attached hydrogen (secondary N) is 1. The molecule has 0 fully saturated rings. The number of hydrogen-bond acceptors (Lipinski definition) is 10. The average molecular weight is 471 g/mol. The first kappa shape index (κ1) is 24.0. The maximum absolute atomic E-state index is 12.3. The fraction of sp³-hybridized carbons (Fsp3) is 0.263. The van der Waals surface area contributed by atoms with Crippen LogP contribution in [0.3, 0.4) is 0 Å². The second kappa shape index (κ2) is 10.1. The highest BCUT2D eigenvalue weighted by Crippen LogP contribution is 2.34. The lowest BCUT2D eigenvalue weighted by atomic mass is 10.1. The standard InChI is InChI=1S/C19H19ClN2O8S/c1-8-14(18(25)28-3)16(31-15(8)19(26)29-4)22-13(23)7-30-17(24)9-5-10(20)11(21)6-12(9)27-2/h5-6H,7,21H2,1-4H3,(H,22,23). The third-order valence-electron chi connectivity index (χ3n) is 4.03. The topological polar surface area (TPSA) is 143 Å². The lowest BCUT2D eigenvalue weighted by molar-refractivity contribution is -0.119. The van der Waals surface area contributed by atoms with E-state index in [1.54, 1.807) is 0 Å². The maximum Gasteiger partial charge on any atom is 0.348 e. The zero-order valence-electron chi connectivity index (χ0n) is 17.0. The zero-order chi connectivity index (χ0) is 23.3. The molecule has 1 aromatic carbocycles. The molecule has 0 aliphatic heterocycles. The van der Waals surface area contributed by atoms with Gasteiger partial charge in [0.15, 0.2) is 6.61 Å². The molecule has 0 saturated heterocycles. The van der Waals surface area contributed by atoms with Crippen LogP contribution in [0.15, 0.2) is 12.1 Å². The van der Waals surface area contributed by atoms with Gasteiger partial charge in [0.05, 0.1) is 37.6 Å². The number of carbonyl (C=O) groups is 4. The van der Waals surface area contributed by atoms with Crippen molar-refractivity contribution in [3.05, 3.63) is 38.7 Å². The van der Waals surface area contributed by atoms with Crippen LogP contribution in [0.25, 0.3) is 0 Å². The summed E-state index contributed by atoms with van der Waals surface area (Å²) in [7, 11) is 3.68. The minimum atomic E-state index is -0.875. The van der Waals surface area contributed by atoms with E-state index in [1.165, 1.54) is 33.3 Å². The van der Waals surface area contributed by atoms with E-state index in [-0.39, 0.29) is 43.0 Å². The Morgan fingerprint density at radius 3 is 2.29 bits per heavy atom. The second-order valence-corrected chi connectivity index (χ2v) is 7.37. The first-order valence-corrected chi connectivity index (χ1v) is 9.74. The molecule has 31 heavy (non-hydrogen) atoms. The molecule has 0 atom stereocenters. The van der Waals surface area contributed by atoms with Crippen molar-refractivity contribution < 1.29 is 38.1 Å². The van der Waals surface area contributed by atoms with E-state index in [9.17, 15) is 19.2 Å². The van der Waals surface area contributed by atoms with Crippen molar-refractivity contribution in [3.63, 3.8) is 0 Å². The van der Waals surface area contributed by atoms with Crippen molar-refractivity contribution >= 4 is 57.4 Å². The van der Waals surface area contributed by atoms with Gasteiger partial charge in [0.2, 0.25) is 0 Å². The van der Waals surface area contributed by atoms with Gasteiger partial charge in [0.25, 0.3) is 5.91 Å². The van der Waals surface area contributed by atoms with Gasteiger partial charge in [-0.25, -0.2) is 14.4 Å². The fourth-order valence-electron chi connectivity index (χ4n) is 2.51. The summed E-state index contributed by atoms with van der Waals surface area (Å²) < 4.78 is 19.5. The highest BCUT2D eigenvalue weighted by atomic mass is 35.5. The van der Waals surface area contributed by atoms with E-state index >= 15 is 0 Å². The average Bonchev–Trinajstić information content (AvgIpc) is 3.07. The van der Waals surface area contributed by atoms with Gasteiger partial charge >= 0.3 is 17.9 Å². The van der Waals surface area contributed by atoms with Crippen LogP contribution in [0.5, 0.6) is 5.75 Å². The molecule has 0 spiro atoms. The Morgan fingerprint density at radius 2 is 1.71 bits per heavy atom. The number of benzene rings is 1. The summed E-state index contributed by atoms with van der Waals surface area (Å²) in [5.74, 6) is -2.93. The van der Waals surface area contributed by atoms with E-state index in [0.717, 1.165) is 18.4 Å². The SMILES string of the molecule is COC(=O)c1sc(NC(=O)COC(=O)c2cc(Cl)c(N)cc2OC)c(C(=O)OC)c1C. The van der Waals surface area contributed by atoms with E-state index in [1.807, 2.05) is 0 Å². The van der Waals surface area contributed by atoms with E-state index in [4.69, 9.17) is 31.5 Å². The monoisotopic (exact) mass is 470 g/mol. The highest BCUT2D eigenvalue weighted by molar-refractivity contribution is 7.18. The minimum Gasteiger partial charge on any atom is -0.496 e. The lowest BCUT2D eigenvalue weighted by Crippen LogP contribution is -2.22. The van der Waals surface area contributed by atoms with E-state index in [2.05, 4.69) is 10.1 Å². The van der Waals surface area contributed by atoms with E-state index < -0.39 is 30.4 Å². The number of methoxy groups -OCH3 is 3. The smallest absolute Gasteiger partial charge is 0.348 e. The third-order valence-corrected chi connectivity index (χ3v) is 5.55. The van der Waals surface area contributed by atoms with Crippen LogP contribution in [0.2, 0.25) is 5.02 Å².